The third kappa shape index (κ3) is 3.18. The lowest BCUT2D eigenvalue weighted by Gasteiger charge is -2.27. The van der Waals surface area contributed by atoms with Crippen molar-refractivity contribution in [1.29, 1.82) is 0 Å². The zero-order valence-corrected chi connectivity index (χ0v) is 12.9. The highest BCUT2D eigenvalue weighted by molar-refractivity contribution is 6.02. The fourth-order valence-corrected chi connectivity index (χ4v) is 2.85. The van der Waals surface area contributed by atoms with Gasteiger partial charge in [-0.25, -0.2) is 9.97 Å². The minimum absolute atomic E-state index is 0.296. The molecule has 23 heavy (non-hydrogen) atoms. The molecule has 0 spiro atoms. The number of amides is 1. The SMILES string of the molecule is O=C(Nc1cc(N2CCCCC2)ncn1)c1cc(C2CC2)on1. The van der Waals surface area contributed by atoms with Crippen LogP contribution in [-0.2, 0) is 0 Å². The van der Waals surface area contributed by atoms with Gasteiger partial charge in [0.1, 0.15) is 23.7 Å². The van der Waals surface area contributed by atoms with E-state index in [0.717, 1.165) is 37.5 Å². The van der Waals surface area contributed by atoms with Gasteiger partial charge in [-0.05, 0) is 32.1 Å². The summed E-state index contributed by atoms with van der Waals surface area (Å²) in [5.74, 6) is 2.28. The number of anilines is 2. The molecule has 0 bridgehead atoms. The van der Waals surface area contributed by atoms with Crippen LogP contribution in [-0.4, -0.2) is 34.1 Å². The lowest BCUT2D eigenvalue weighted by atomic mass is 10.1. The van der Waals surface area contributed by atoms with Crippen molar-refractivity contribution in [3.8, 4) is 0 Å². The summed E-state index contributed by atoms with van der Waals surface area (Å²) in [7, 11) is 0. The first-order valence-corrected chi connectivity index (χ1v) is 8.14. The number of hydrogen-bond acceptors (Lipinski definition) is 6. The summed E-state index contributed by atoms with van der Waals surface area (Å²) in [5, 5.41) is 6.62. The quantitative estimate of drug-likeness (QED) is 0.934. The second-order valence-electron chi connectivity index (χ2n) is 6.15. The fourth-order valence-electron chi connectivity index (χ4n) is 2.85. The number of carbonyl (C=O) groups is 1. The van der Waals surface area contributed by atoms with E-state index in [0.29, 0.717) is 17.4 Å². The second kappa shape index (κ2) is 5.98. The Labute approximate surface area is 134 Å². The molecule has 1 aliphatic carbocycles. The Morgan fingerprint density at radius 1 is 1.17 bits per heavy atom. The van der Waals surface area contributed by atoms with Gasteiger partial charge in [0.25, 0.3) is 5.91 Å². The van der Waals surface area contributed by atoms with E-state index in [1.165, 1.54) is 25.6 Å². The molecule has 120 valence electrons. The number of carbonyl (C=O) groups excluding carboxylic acids is 1. The summed E-state index contributed by atoms with van der Waals surface area (Å²) in [6.07, 6.45) is 7.32. The first kappa shape index (κ1) is 14.2. The summed E-state index contributed by atoms with van der Waals surface area (Å²) in [5.41, 5.74) is 0.296. The first-order valence-electron chi connectivity index (χ1n) is 8.14. The van der Waals surface area contributed by atoms with Crippen LogP contribution < -0.4 is 10.2 Å². The number of nitrogens with zero attached hydrogens (tertiary/aromatic N) is 4. The molecule has 2 aliphatic rings. The van der Waals surface area contributed by atoms with Crippen LogP contribution in [0.2, 0.25) is 0 Å². The van der Waals surface area contributed by atoms with Crippen molar-refractivity contribution in [3.63, 3.8) is 0 Å². The van der Waals surface area contributed by atoms with Gasteiger partial charge in [-0.3, -0.25) is 4.79 Å². The Balaban J connectivity index is 1.45. The number of hydrogen-bond donors (Lipinski definition) is 1. The van der Waals surface area contributed by atoms with Gasteiger partial charge in [-0.2, -0.15) is 0 Å². The van der Waals surface area contributed by atoms with E-state index in [1.807, 2.05) is 6.07 Å². The molecule has 0 atom stereocenters. The van der Waals surface area contributed by atoms with E-state index in [2.05, 4.69) is 25.3 Å². The number of rotatable bonds is 4. The van der Waals surface area contributed by atoms with Crippen molar-refractivity contribution in [2.75, 3.05) is 23.3 Å². The van der Waals surface area contributed by atoms with E-state index in [1.54, 1.807) is 6.07 Å². The molecule has 1 saturated heterocycles. The topological polar surface area (TPSA) is 84.2 Å². The molecule has 3 heterocycles. The Kier molecular flexibility index (Phi) is 3.69. The highest BCUT2D eigenvalue weighted by Crippen LogP contribution is 2.40. The Bertz CT molecular complexity index is 704. The third-order valence-corrected chi connectivity index (χ3v) is 4.32. The van der Waals surface area contributed by atoms with Crippen molar-refractivity contribution in [2.24, 2.45) is 0 Å². The zero-order chi connectivity index (χ0) is 15.6. The van der Waals surface area contributed by atoms with Crippen molar-refractivity contribution < 1.29 is 9.32 Å². The van der Waals surface area contributed by atoms with Gasteiger partial charge in [0.15, 0.2) is 5.69 Å². The molecule has 0 unspecified atom stereocenters. The van der Waals surface area contributed by atoms with Crippen molar-refractivity contribution in [2.45, 2.75) is 38.0 Å². The van der Waals surface area contributed by atoms with Gasteiger partial charge in [-0.1, -0.05) is 5.16 Å². The van der Waals surface area contributed by atoms with Crippen LogP contribution in [0, 0.1) is 0 Å². The maximum Gasteiger partial charge on any atom is 0.279 e. The molecule has 1 amide bonds. The van der Waals surface area contributed by atoms with Gasteiger partial charge in [0, 0.05) is 31.1 Å². The van der Waals surface area contributed by atoms with Crippen molar-refractivity contribution >= 4 is 17.5 Å². The van der Waals surface area contributed by atoms with E-state index >= 15 is 0 Å². The lowest BCUT2D eigenvalue weighted by Crippen LogP contribution is -2.30. The molecule has 4 rings (SSSR count). The maximum absolute atomic E-state index is 12.3. The monoisotopic (exact) mass is 313 g/mol. The van der Waals surface area contributed by atoms with Crippen LogP contribution in [0.1, 0.15) is 54.3 Å². The Hall–Kier alpha value is -2.44. The van der Waals surface area contributed by atoms with E-state index in [4.69, 9.17) is 4.52 Å². The van der Waals surface area contributed by atoms with E-state index in [-0.39, 0.29) is 5.91 Å². The van der Waals surface area contributed by atoms with Crippen LogP contribution in [0.4, 0.5) is 11.6 Å². The fraction of sp³-hybridized carbons (Fsp3) is 0.500. The molecule has 7 nitrogen and oxygen atoms in total. The third-order valence-electron chi connectivity index (χ3n) is 4.32. The van der Waals surface area contributed by atoms with Crippen LogP contribution >= 0.6 is 0 Å². The molecule has 1 N–H and O–H groups in total. The highest BCUT2D eigenvalue weighted by Gasteiger charge is 2.29. The lowest BCUT2D eigenvalue weighted by molar-refractivity contribution is 0.101. The average Bonchev–Trinajstić information content (AvgIpc) is 3.33. The van der Waals surface area contributed by atoms with Crippen LogP contribution in [0.3, 0.4) is 0 Å². The summed E-state index contributed by atoms with van der Waals surface area (Å²) in [4.78, 5) is 22.9. The summed E-state index contributed by atoms with van der Waals surface area (Å²) in [6, 6.07) is 3.53. The minimum Gasteiger partial charge on any atom is -0.360 e. The summed E-state index contributed by atoms with van der Waals surface area (Å²) < 4.78 is 5.21. The standard InChI is InChI=1S/C16H19N5O2/c22-16(12-8-13(23-20-12)11-4-5-11)19-14-9-15(18-10-17-14)21-6-2-1-3-7-21/h8-11H,1-7H2,(H,17,18,19,22). The zero-order valence-electron chi connectivity index (χ0n) is 12.9. The van der Waals surface area contributed by atoms with Gasteiger partial charge in [0.2, 0.25) is 0 Å². The second-order valence-corrected chi connectivity index (χ2v) is 6.15. The smallest absolute Gasteiger partial charge is 0.279 e. The largest absolute Gasteiger partial charge is 0.360 e. The highest BCUT2D eigenvalue weighted by atomic mass is 16.5. The Morgan fingerprint density at radius 2 is 2.00 bits per heavy atom. The average molecular weight is 313 g/mol. The molecule has 2 aromatic heterocycles. The normalized spacial score (nSPS) is 18.0. The molecular weight excluding hydrogens is 294 g/mol. The number of piperidine rings is 1. The molecular formula is C16H19N5O2. The van der Waals surface area contributed by atoms with Crippen LogP contribution in [0.5, 0.6) is 0 Å². The number of aromatic nitrogens is 3. The first-order chi connectivity index (χ1) is 11.3. The van der Waals surface area contributed by atoms with E-state index < -0.39 is 0 Å². The molecule has 0 aromatic carbocycles. The van der Waals surface area contributed by atoms with Gasteiger partial charge >= 0.3 is 0 Å². The predicted molar refractivity (Wildman–Crippen MR) is 84.5 cm³/mol. The van der Waals surface area contributed by atoms with E-state index in [9.17, 15) is 4.79 Å². The molecule has 2 fully saturated rings. The minimum atomic E-state index is -0.302. The van der Waals surface area contributed by atoms with Gasteiger partial charge in [0.05, 0.1) is 0 Å². The Morgan fingerprint density at radius 3 is 2.78 bits per heavy atom. The summed E-state index contributed by atoms with van der Waals surface area (Å²) >= 11 is 0. The van der Waals surface area contributed by atoms with Crippen molar-refractivity contribution in [1.82, 2.24) is 15.1 Å². The van der Waals surface area contributed by atoms with Crippen LogP contribution in [0.15, 0.2) is 23.0 Å². The predicted octanol–water partition coefficient (Wildman–Crippen LogP) is 2.58. The molecule has 0 radical (unpaired) electrons. The molecule has 7 heteroatoms. The maximum atomic E-state index is 12.3. The van der Waals surface area contributed by atoms with Gasteiger partial charge in [-0.15, -0.1) is 0 Å². The van der Waals surface area contributed by atoms with Gasteiger partial charge < -0.3 is 14.7 Å². The van der Waals surface area contributed by atoms with Crippen LogP contribution in [0.25, 0.3) is 0 Å². The number of nitrogens with one attached hydrogen (secondary N) is 1. The van der Waals surface area contributed by atoms with Crippen molar-refractivity contribution in [3.05, 3.63) is 29.9 Å². The molecule has 1 saturated carbocycles. The molecule has 2 aromatic rings. The summed E-state index contributed by atoms with van der Waals surface area (Å²) in [6.45, 7) is 2.00. The molecule has 1 aliphatic heterocycles.